The van der Waals surface area contributed by atoms with Gasteiger partial charge in [0.2, 0.25) is 6.33 Å². The van der Waals surface area contributed by atoms with Crippen molar-refractivity contribution in [3.8, 4) is 0 Å². The standard InChI is InChI=1S/C26H39N3O5/c1-2-3-4-5-6-9-12-20-21(13-10-7-8-11-14-25(31)32)24(30)17-23(20)29-16-15-28(19-29)18-22(27)26(33)34/h7,9-10,12,15-16,19-23H,2-6,8,11,13-14,17-18,27H2,1H3,(H-,31,32,33,34)/p+1/b10-7-,12-9+/t20-,21?,22+,23?/m1/s1. The van der Waals surface area contributed by atoms with E-state index < -0.39 is 18.0 Å². The number of aromatic nitrogens is 2. The van der Waals surface area contributed by atoms with Gasteiger partial charge in [0, 0.05) is 24.7 Å². The Kier molecular flexibility index (Phi) is 11.7. The Morgan fingerprint density at radius 2 is 1.94 bits per heavy atom. The lowest BCUT2D eigenvalue weighted by Gasteiger charge is -2.18. The molecule has 4 N–H and O–H groups in total. The molecule has 1 fully saturated rings. The second-order valence-electron chi connectivity index (χ2n) is 9.19. The maximum Gasteiger partial charge on any atom is 0.324 e. The summed E-state index contributed by atoms with van der Waals surface area (Å²) in [7, 11) is 0. The van der Waals surface area contributed by atoms with Gasteiger partial charge in [-0.25, -0.2) is 9.13 Å². The van der Waals surface area contributed by atoms with Gasteiger partial charge in [-0.2, -0.15) is 0 Å². The Bertz CT molecular complexity index is 860. The fourth-order valence-electron chi connectivity index (χ4n) is 4.53. The van der Waals surface area contributed by atoms with Crippen molar-refractivity contribution in [3.63, 3.8) is 0 Å². The third kappa shape index (κ3) is 8.89. The van der Waals surface area contributed by atoms with Crippen molar-refractivity contribution in [1.82, 2.24) is 4.57 Å². The number of hydrogen-bond acceptors (Lipinski definition) is 4. The number of aliphatic carboxylic acids is 2. The van der Waals surface area contributed by atoms with E-state index in [1.54, 1.807) is 10.8 Å². The van der Waals surface area contributed by atoms with Gasteiger partial charge in [0.05, 0.1) is 0 Å². The molecule has 188 valence electrons. The number of allylic oxidation sites excluding steroid dienone is 4. The highest BCUT2D eigenvalue weighted by Gasteiger charge is 2.43. The summed E-state index contributed by atoms with van der Waals surface area (Å²) in [4.78, 5) is 34.7. The van der Waals surface area contributed by atoms with Gasteiger partial charge >= 0.3 is 11.9 Å². The predicted molar refractivity (Wildman–Crippen MR) is 129 cm³/mol. The number of carbonyl (C=O) groups excluding carboxylic acids is 1. The van der Waals surface area contributed by atoms with Gasteiger partial charge in [0.25, 0.3) is 0 Å². The lowest BCUT2D eigenvalue weighted by Crippen LogP contribution is -2.46. The molecule has 8 heteroatoms. The van der Waals surface area contributed by atoms with E-state index in [1.807, 2.05) is 29.2 Å². The number of nitrogens with zero attached hydrogens (tertiary/aromatic N) is 2. The predicted octanol–water partition coefficient (Wildman–Crippen LogP) is 3.66. The summed E-state index contributed by atoms with van der Waals surface area (Å²) >= 11 is 0. The van der Waals surface area contributed by atoms with Crippen molar-refractivity contribution in [2.45, 2.75) is 89.8 Å². The quantitative estimate of drug-likeness (QED) is 0.191. The Morgan fingerprint density at radius 3 is 2.65 bits per heavy atom. The largest absolute Gasteiger partial charge is 0.481 e. The van der Waals surface area contributed by atoms with Crippen LogP contribution in [0.15, 0.2) is 43.0 Å². The van der Waals surface area contributed by atoms with Crippen LogP contribution in [0.4, 0.5) is 0 Å². The van der Waals surface area contributed by atoms with Gasteiger partial charge in [-0.3, -0.25) is 14.4 Å². The van der Waals surface area contributed by atoms with Crippen LogP contribution in [0.3, 0.4) is 0 Å². The minimum atomic E-state index is -1.05. The summed E-state index contributed by atoms with van der Waals surface area (Å²) in [5.74, 6) is -1.68. The normalized spacial score (nSPS) is 21.6. The van der Waals surface area contributed by atoms with Crippen LogP contribution in [-0.2, 0) is 20.9 Å². The lowest BCUT2D eigenvalue weighted by atomic mass is 9.89. The van der Waals surface area contributed by atoms with E-state index in [0.29, 0.717) is 25.7 Å². The van der Waals surface area contributed by atoms with Crippen LogP contribution >= 0.6 is 0 Å². The van der Waals surface area contributed by atoms with Crippen LogP contribution in [0.1, 0.15) is 77.2 Å². The zero-order valence-corrected chi connectivity index (χ0v) is 20.2. The molecule has 2 rings (SSSR count). The summed E-state index contributed by atoms with van der Waals surface area (Å²) in [5, 5.41) is 17.8. The zero-order valence-electron chi connectivity index (χ0n) is 20.2. The third-order valence-electron chi connectivity index (χ3n) is 6.45. The third-order valence-corrected chi connectivity index (χ3v) is 6.45. The number of ketones is 1. The number of hydrogen-bond donors (Lipinski definition) is 3. The van der Waals surface area contributed by atoms with Crippen LogP contribution in [0.25, 0.3) is 0 Å². The van der Waals surface area contributed by atoms with E-state index in [0.717, 1.165) is 12.8 Å². The summed E-state index contributed by atoms with van der Waals surface area (Å²) in [6.07, 6.45) is 22.2. The summed E-state index contributed by atoms with van der Waals surface area (Å²) in [5.41, 5.74) is 5.67. The highest BCUT2D eigenvalue weighted by Crippen LogP contribution is 2.41. The molecule has 0 bridgehead atoms. The van der Waals surface area contributed by atoms with E-state index >= 15 is 0 Å². The van der Waals surface area contributed by atoms with Crippen LogP contribution in [0.5, 0.6) is 0 Å². The van der Waals surface area contributed by atoms with Crippen LogP contribution in [-0.4, -0.2) is 38.5 Å². The molecule has 1 aliphatic rings. The molecule has 4 atom stereocenters. The highest BCUT2D eigenvalue weighted by atomic mass is 16.4. The van der Waals surface area contributed by atoms with Gasteiger partial charge in [-0.1, -0.05) is 50.5 Å². The van der Waals surface area contributed by atoms with E-state index in [2.05, 4.69) is 19.1 Å². The number of imidazole rings is 1. The molecular weight excluding hydrogens is 434 g/mol. The van der Waals surface area contributed by atoms with Crippen molar-refractivity contribution >= 4 is 17.7 Å². The fourth-order valence-corrected chi connectivity index (χ4v) is 4.53. The molecule has 1 aromatic heterocycles. The average molecular weight is 475 g/mol. The molecule has 0 aliphatic heterocycles. The SMILES string of the molecule is CCCCCC/C=C/[C@@H]1C(C/C=C\CCCC(=O)O)C(=O)CC1n1cc[n+](C[C@H](N)C(=O)O)c1. The second-order valence-corrected chi connectivity index (χ2v) is 9.19. The molecule has 2 unspecified atom stereocenters. The van der Waals surface area contributed by atoms with Crippen LogP contribution < -0.4 is 10.3 Å². The van der Waals surface area contributed by atoms with Gasteiger partial charge in [0.15, 0.2) is 0 Å². The summed E-state index contributed by atoms with van der Waals surface area (Å²) < 4.78 is 3.76. The van der Waals surface area contributed by atoms with Gasteiger partial charge in [-0.15, -0.1) is 0 Å². The number of unbranched alkanes of at least 4 members (excludes halogenated alkanes) is 5. The maximum absolute atomic E-state index is 13.0. The van der Waals surface area contributed by atoms with Crippen LogP contribution in [0, 0.1) is 11.8 Å². The molecule has 0 amide bonds. The highest BCUT2D eigenvalue weighted by molar-refractivity contribution is 5.84. The summed E-state index contributed by atoms with van der Waals surface area (Å²) in [6, 6.07) is -1.00. The van der Waals surface area contributed by atoms with Gasteiger partial charge in [-0.05, 0) is 32.1 Å². The first-order valence-corrected chi connectivity index (χ1v) is 12.4. The first kappa shape index (κ1) is 27.5. The van der Waals surface area contributed by atoms with E-state index in [4.69, 9.17) is 15.9 Å². The number of carboxylic acids is 2. The molecule has 0 radical (unpaired) electrons. The Balaban J connectivity index is 2.09. The average Bonchev–Trinajstić information content (AvgIpc) is 3.37. The fraction of sp³-hybridized carbons (Fsp3) is 0.615. The zero-order chi connectivity index (χ0) is 24.9. The van der Waals surface area contributed by atoms with E-state index in [9.17, 15) is 14.4 Å². The number of nitrogens with two attached hydrogens (primary N) is 1. The van der Waals surface area contributed by atoms with E-state index in [1.165, 1.54) is 19.3 Å². The minimum absolute atomic E-state index is 0.0212. The molecule has 0 saturated heterocycles. The second kappa shape index (κ2) is 14.5. The Labute approximate surface area is 202 Å². The molecule has 1 aromatic rings. The summed E-state index contributed by atoms with van der Waals surface area (Å²) in [6.45, 7) is 2.36. The van der Waals surface area contributed by atoms with Gasteiger partial charge in [0.1, 0.15) is 36.8 Å². The van der Waals surface area contributed by atoms with Crippen molar-refractivity contribution < 1.29 is 29.2 Å². The topological polar surface area (TPSA) is 127 Å². The first-order valence-electron chi connectivity index (χ1n) is 12.4. The van der Waals surface area contributed by atoms with E-state index in [-0.39, 0.29) is 36.6 Å². The molecular formula is C26H40N3O5+. The van der Waals surface area contributed by atoms with Crippen molar-refractivity contribution in [3.05, 3.63) is 43.0 Å². The number of carbonyl (C=O) groups is 3. The van der Waals surface area contributed by atoms with Crippen molar-refractivity contribution in [2.75, 3.05) is 0 Å². The Morgan fingerprint density at radius 1 is 1.18 bits per heavy atom. The van der Waals surface area contributed by atoms with Crippen molar-refractivity contribution in [2.24, 2.45) is 17.6 Å². The molecule has 34 heavy (non-hydrogen) atoms. The molecule has 0 aromatic carbocycles. The number of Topliss-reactive ketones (excluding diaryl/α,β-unsaturated/α-hetero) is 1. The first-order chi connectivity index (χ1) is 16.3. The smallest absolute Gasteiger partial charge is 0.324 e. The Hall–Kier alpha value is -2.74. The maximum atomic E-state index is 13.0. The lowest BCUT2D eigenvalue weighted by molar-refractivity contribution is -0.696. The number of carboxylic acid groups (broad SMARTS) is 2. The molecule has 8 nitrogen and oxygen atoms in total. The van der Waals surface area contributed by atoms with Gasteiger partial charge < -0.3 is 15.9 Å². The van der Waals surface area contributed by atoms with Crippen LogP contribution in [0.2, 0.25) is 0 Å². The minimum Gasteiger partial charge on any atom is -0.481 e. The van der Waals surface area contributed by atoms with Crippen molar-refractivity contribution in [1.29, 1.82) is 0 Å². The molecule has 1 aliphatic carbocycles. The molecule has 1 saturated carbocycles. The molecule has 1 heterocycles. The number of rotatable bonds is 16. The monoisotopic (exact) mass is 474 g/mol. The molecule has 0 spiro atoms.